The second-order valence-electron chi connectivity index (χ2n) is 3.97. The molecule has 3 rings (SSSR count). The Morgan fingerprint density at radius 3 is 2.60 bits per heavy atom. The van der Waals surface area contributed by atoms with E-state index < -0.39 is 17.7 Å². The van der Waals surface area contributed by atoms with Crippen molar-refractivity contribution in [2.24, 2.45) is 0 Å². The van der Waals surface area contributed by atoms with Crippen LogP contribution in [-0.4, -0.2) is 9.97 Å². The molecular weight excluding hydrogens is 292 g/mol. The molecule has 0 fully saturated rings. The molecule has 0 unspecified atom stereocenters. The van der Waals surface area contributed by atoms with Crippen molar-refractivity contribution in [1.82, 2.24) is 9.97 Å². The third-order valence-corrected chi connectivity index (χ3v) is 3.52. The quantitative estimate of drug-likeness (QED) is 0.625. The van der Waals surface area contributed by atoms with Gasteiger partial charge in [0, 0.05) is 10.8 Å². The molecule has 0 saturated carbocycles. The number of pyridine rings is 1. The van der Waals surface area contributed by atoms with Gasteiger partial charge in [-0.15, -0.1) is 11.3 Å². The van der Waals surface area contributed by atoms with Gasteiger partial charge in [0.1, 0.15) is 17.0 Å². The predicted octanol–water partition coefficient (Wildman–Crippen LogP) is 4.32. The first-order valence-corrected chi connectivity index (χ1v) is 6.34. The number of nitrogens with zero attached hydrogens (tertiary/aromatic N) is 2. The molecule has 0 aliphatic heterocycles. The number of para-hydroxylation sites is 1. The summed E-state index contributed by atoms with van der Waals surface area (Å²) in [5, 5.41) is 0.982. The van der Waals surface area contributed by atoms with Crippen LogP contribution in [-0.2, 0) is 6.18 Å². The lowest BCUT2D eigenvalue weighted by Crippen LogP contribution is -2.05. The molecule has 0 aliphatic carbocycles. The van der Waals surface area contributed by atoms with Crippen molar-refractivity contribution < 1.29 is 17.6 Å². The highest BCUT2D eigenvalue weighted by Crippen LogP contribution is 2.35. The maximum absolute atomic E-state index is 14.3. The number of aromatic nitrogens is 2. The number of hydrogen-bond acceptors (Lipinski definition) is 3. The second kappa shape index (κ2) is 4.52. The largest absolute Gasteiger partial charge is 0.434 e. The summed E-state index contributed by atoms with van der Waals surface area (Å²) < 4.78 is 51.8. The molecule has 7 heteroatoms. The smallest absolute Gasteiger partial charge is 0.245 e. The molecule has 1 radical (unpaired) electrons. The van der Waals surface area contributed by atoms with Crippen LogP contribution >= 0.6 is 11.3 Å². The van der Waals surface area contributed by atoms with Crippen LogP contribution in [0.25, 0.3) is 21.5 Å². The molecular formula is C13H5F4N2S. The first-order valence-electron chi connectivity index (χ1n) is 5.46. The van der Waals surface area contributed by atoms with Crippen LogP contribution in [0.5, 0.6) is 0 Å². The predicted molar refractivity (Wildman–Crippen MR) is 66.6 cm³/mol. The van der Waals surface area contributed by atoms with E-state index in [0.717, 1.165) is 5.38 Å². The van der Waals surface area contributed by atoms with Crippen LogP contribution in [0.2, 0.25) is 0 Å². The zero-order valence-electron chi connectivity index (χ0n) is 9.70. The zero-order chi connectivity index (χ0) is 14.3. The van der Waals surface area contributed by atoms with Gasteiger partial charge < -0.3 is 0 Å². The molecule has 20 heavy (non-hydrogen) atoms. The zero-order valence-corrected chi connectivity index (χ0v) is 10.5. The van der Waals surface area contributed by atoms with Gasteiger partial charge in [0.2, 0.25) is 0 Å². The molecule has 0 N–H and O–H groups in total. The van der Waals surface area contributed by atoms with E-state index in [1.807, 2.05) is 0 Å². The average Bonchev–Trinajstić information content (AvgIpc) is 2.89. The lowest BCUT2D eigenvalue weighted by Gasteiger charge is -2.03. The second-order valence-corrected chi connectivity index (χ2v) is 4.82. The van der Waals surface area contributed by atoms with E-state index in [1.54, 1.807) is 18.2 Å². The van der Waals surface area contributed by atoms with Gasteiger partial charge in [-0.1, -0.05) is 12.1 Å². The lowest BCUT2D eigenvalue weighted by atomic mass is 10.1. The van der Waals surface area contributed by atoms with Gasteiger partial charge in [0.25, 0.3) is 0 Å². The van der Waals surface area contributed by atoms with Gasteiger partial charge in [0.15, 0.2) is 5.69 Å². The SMILES string of the molecule is Fc1c(-c2nc(C(F)(F)F)cs2)[c]nc2ccccc12. The molecule has 2 heterocycles. The number of hydrogen-bond donors (Lipinski definition) is 0. The summed E-state index contributed by atoms with van der Waals surface area (Å²) in [6, 6.07) is 6.42. The molecule has 2 aromatic heterocycles. The molecule has 0 amide bonds. The number of fused-ring (bicyclic) bond motifs is 1. The number of rotatable bonds is 1. The van der Waals surface area contributed by atoms with Crippen molar-refractivity contribution in [3.8, 4) is 10.6 Å². The molecule has 3 aromatic rings. The Morgan fingerprint density at radius 2 is 1.90 bits per heavy atom. The van der Waals surface area contributed by atoms with Gasteiger partial charge >= 0.3 is 6.18 Å². The van der Waals surface area contributed by atoms with E-state index in [4.69, 9.17) is 0 Å². The minimum atomic E-state index is -4.55. The van der Waals surface area contributed by atoms with Crippen molar-refractivity contribution in [2.45, 2.75) is 6.18 Å². The first-order chi connectivity index (χ1) is 9.47. The number of alkyl halides is 3. The molecule has 0 saturated heterocycles. The lowest BCUT2D eigenvalue weighted by molar-refractivity contribution is -0.140. The highest BCUT2D eigenvalue weighted by Gasteiger charge is 2.34. The van der Waals surface area contributed by atoms with E-state index in [-0.39, 0.29) is 16.0 Å². The van der Waals surface area contributed by atoms with E-state index in [9.17, 15) is 17.6 Å². The fourth-order valence-corrected chi connectivity index (χ4v) is 2.53. The monoisotopic (exact) mass is 297 g/mol. The van der Waals surface area contributed by atoms with Crippen LogP contribution in [0, 0.1) is 12.0 Å². The Morgan fingerprint density at radius 1 is 1.15 bits per heavy atom. The summed E-state index contributed by atoms with van der Waals surface area (Å²) in [4.78, 5) is 7.31. The number of benzene rings is 1. The minimum Gasteiger partial charge on any atom is -0.245 e. The topological polar surface area (TPSA) is 25.8 Å². The van der Waals surface area contributed by atoms with E-state index in [0.29, 0.717) is 16.9 Å². The average molecular weight is 297 g/mol. The third-order valence-electron chi connectivity index (χ3n) is 2.66. The van der Waals surface area contributed by atoms with E-state index in [2.05, 4.69) is 16.2 Å². The molecule has 0 spiro atoms. The molecule has 1 aromatic carbocycles. The van der Waals surface area contributed by atoms with Crippen molar-refractivity contribution in [1.29, 1.82) is 0 Å². The Bertz CT molecular complexity index is 779. The van der Waals surface area contributed by atoms with Crippen LogP contribution < -0.4 is 0 Å². The molecule has 101 valence electrons. The van der Waals surface area contributed by atoms with E-state index >= 15 is 0 Å². The number of halogens is 4. The minimum absolute atomic E-state index is 0.0897. The van der Waals surface area contributed by atoms with Crippen LogP contribution in [0.4, 0.5) is 17.6 Å². The fraction of sp³-hybridized carbons (Fsp3) is 0.0769. The van der Waals surface area contributed by atoms with E-state index in [1.165, 1.54) is 6.07 Å². The van der Waals surface area contributed by atoms with Crippen molar-refractivity contribution in [3.05, 3.63) is 47.4 Å². The third kappa shape index (κ3) is 2.14. The molecule has 2 nitrogen and oxygen atoms in total. The fourth-order valence-electron chi connectivity index (χ4n) is 1.72. The van der Waals surface area contributed by atoms with Crippen LogP contribution in [0.1, 0.15) is 5.69 Å². The summed E-state index contributed by atoms with van der Waals surface area (Å²) in [5.74, 6) is -0.668. The Labute approximate surface area is 114 Å². The van der Waals surface area contributed by atoms with Crippen LogP contribution in [0.3, 0.4) is 0 Å². The highest BCUT2D eigenvalue weighted by atomic mass is 32.1. The maximum Gasteiger partial charge on any atom is 0.434 e. The van der Waals surface area contributed by atoms with Gasteiger partial charge in [-0.05, 0) is 12.1 Å². The molecule has 0 aliphatic rings. The summed E-state index contributed by atoms with van der Waals surface area (Å²) in [6.07, 6.45) is -2.13. The Balaban J connectivity index is 2.15. The molecule has 0 atom stereocenters. The summed E-state index contributed by atoms with van der Waals surface area (Å²) in [5.41, 5.74) is -0.802. The highest BCUT2D eigenvalue weighted by molar-refractivity contribution is 7.13. The van der Waals surface area contributed by atoms with Crippen molar-refractivity contribution in [2.75, 3.05) is 0 Å². The maximum atomic E-state index is 14.3. The van der Waals surface area contributed by atoms with Crippen molar-refractivity contribution >= 4 is 22.2 Å². The Kier molecular flexibility index (Phi) is 2.93. The standard InChI is InChI=1S/C13H5F4N2S/c14-11-7-3-1-2-4-9(7)18-5-8(11)12-19-10(6-20-12)13(15,16)17/h1-4,6H. The van der Waals surface area contributed by atoms with Gasteiger partial charge in [-0.2, -0.15) is 13.2 Å². The normalized spacial score (nSPS) is 12.0. The van der Waals surface area contributed by atoms with Crippen molar-refractivity contribution in [3.63, 3.8) is 0 Å². The summed E-state index contributed by atoms with van der Waals surface area (Å²) in [6.45, 7) is 0. The van der Waals surface area contributed by atoms with Gasteiger partial charge in [-0.3, -0.25) is 0 Å². The summed E-state index contributed by atoms with van der Waals surface area (Å²) in [7, 11) is 0. The Hall–Kier alpha value is -2.02. The molecule has 0 bridgehead atoms. The van der Waals surface area contributed by atoms with Gasteiger partial charge in [-0.25, -0.2) is 14.4 Å². The van der Waals surface area contributed by atoms with Crippen LogP contribution in [0.15, 0.2) is 29.6 Å². The number of thiazole rings is 1. The summed E-state index contributed by atoms with van der Waals surface area (Å²) >= 11 is 0.710. The van der Waals surface area contributed by atoms with Gasteiger partial charge in [0.05, 0.1) is 11.1 Å². The first kappa shape index (κ1) is 13.0.